The normalized spacial score (nSPS) is 17.4. The van der Waals surface area contributed by atoms with Crippen LogP contribution in [0.3, 0.4) is 0 Å². The summed E-state index contributed by atoms with van der Waals surface area (Å²) < 4.78 is 10.4. The van der Waals surface area contributed by atoms with Crippen LogP contribution in [0.15, 0.2) is 24.3 Å². The summed E-state index contributed by atoms with van der Waals surface area (Å²) in [5, 5.41) is 3.30. The molecule has 0 saturated heterocycles. The molecule has 4 heteroatoms. The first-order valence-electron chi connectivity index (χ1n) is 5.92. The molecule has 0 saturated carbocycles. The molecule has 1 heterocycles. The quantitative estimate of drug-likeness (QED) is 0.788. The average molecular weight is 235 g/mol. The van der Waals surface area contributed by atoms with Crippen LogP contribution in [-0.2, 0) is 9.53 Å². The third-order valence-electron chi connectivity index (χ3n) is 2.73. The molecular formula is C13H17NO3. The van der Waals surface area contributed by atoms with Crippen LogP contribution in [0.25, 0.3) is 0 Å². The second-order valence-electron chi connectivity index (χ2n) is 3.91. The third kappa shape index (κ3) is 2.97. The predicted molar refractivity (Wildman–Crippen MR) is 63.9 cm³/mol. The Hall–Kier alpha value is -1.55. The molecule has 2 rings (SSSR count). The molecule has 1 N–H and O–H groups in total. The fraction of sp³-hybridized carbons (Fsp3) is 0.462. The minimum Gasteiger partial charge on any atom is -0.491 e. The highest BCUT2D eigenvalue weighted by Gasteiger charge is 2.22. The largest absolute Gasteiger partial charge is 0.491 e. The van der Waals surface area contributed by atoms with Crippen LogP contribution < -0.4 is 10.1 Å². The minimum absolute atomic E-state index is 0.160. The van der Waals surface area contributed by atoms with Gasteiger partial charge in [-0.25, -0.2) is 0 Å². The van der Waals surface area contributed by atoms with Gasteiger partial charge in [-0.1, -0.05) is 18.2 Å². The summed E-state index contributed by atoms with van der Waals surface area (Å²) in [6.45, 7) is 3.49. The van der Waals surface area contributed by atoms with E-state index in [-0.39, 0.29) is 12.0 Å². The Kier molecular flexibility index (Phi) is 3.98. The van der Waals surface area contributed by atoms with Gasteiger partial charge in [0.15, 0.2) is 0 Å². The van der Waals surface area contributed by atoms with Gasteiger partial charge < -0.3 is 14.8 Å². The molecule has 0 fully saturated rings. The van der Waals surface area contributed by atoms with Crippen molar-refractivity contribution in [1.29, 1.82) is 0 Å². The molecule has 0 aromatic heterocycles. The van der Waals surface area contributed by atoms with Crippen molar-refractivity contribution in [3.05, 3.63) is 29.8 Å². The summed E-state index contributed by atoms with van der Waals surface area (Å²) in [6, 6.07) is 8.14. The maximum atomic E-state index is 11.2. The van der Waals surface area contributed by atoms with Crippen LogP contribution in [0.2, 0.25) is 0 Å². The zero-order chi connectivity index (χ0) is 12.1. The molecule has 0 spiro atoms. The van der Waals surface area contributed by atoms with Crippen molar-refractivity contribution in [1.82, 2.24) is 5.32 Å². The Morgan fingerprint density at radius 1 is 1.53 bits per heavy atom. The van der Waals surface area contributed by atoms with E-state index in [1.54, 1.807) is 0 Å². The maximum Gasteiger partial charge on any atom is 0.307 e. The zero-order valence-corrected chi connectivity index (χ0v) is 9.94. The Bertz CT molecular complexity index is 392. The summed E-state index contributed by atoms with van der Waals surface area (Å²) in [5.41, 5.74) is 1.16. The average Bonchev–Trinajstić information content (AvgIpc) is 2.73. The first-order chi connectivity index (χ1) is 8.31. The van der Waals surface area contributed by atoms with Gasteiger partial charge in [0.25, 0.3) is 0 Å². The molecule has 1 aliphatic rings. The van der Waals surface area contributed by atoms with E-state index >= 15 is 0 Å². The van der Waals surface area contributed by atoms with Crippen LogP contribution in [0.4, 0.5) is 0 Å². The summed E-state index contributed by atoms with van der Waals surface area (Å²) in [5.74, 6) is 0.772. The lowest BCUT2D eigenvalue weighted by molar-refractivity contribution is -0.143. The molecule has 17 heavy (non-hydrogen) atoms. The number of carbonyl (C=O) groups excluding carboxylic acids is 1. The molecule has 1 aliphatic heterocycles. The molecule has 4 nitrogen and oxygen atoms in total. The molecule has 1 aromatic rings. The molecule has 0 aliphatic carbocycles. The third-order valence-corrected chi connectivity index (χ3v) is 2.73. The SMILES string of the molecule is CCOC(=O)CCNC1COc2ccccc21. The van der Waals surface area contributed by atoms with E-state index in [1.165, 1.54) is 0 Å². The fourth-order valence-corrected chi connectivity index (χ4v) is 1.91. The van der Waals surface area contributed by atoms with Crippen LogP contribution in [0.1, 0.15) is 24.9 Å². The molecule has 0 amide bonds. The van der Waals surface area contributed by atoms with E-state index in [0.717, 1.165) is 11.3 Å². The summed E-state index contributed by atoms with van der Waals surface area (Å²) in [6.07, 6.45) is 0.395. The Morgan fingerprint density at radius 3 is 3.18 bits per heavy atom. The van der Waals surface area contributed by atoms with Crippen molar-refractivity contribution in [3.8, 4) is 5.75 Å². The fourth-order valence-electron chi connectivity index (χ4n) is 1.91. The summed E-state index contributed by atoms with van der Waals surface area (Å²) in [7, 11) is 0. The van der Waals surface area contributed by atoms with E-state index in [0.29, 0.717) is 26.2 Å². The predicted octanol–water partition coefficient (Wildman–Crippen LogP) is 1.66. The van der Waals surface area contributed by atoms with E-state index < -0.39 is 0 Å². The first kappa shape index (κ1) is 11.9. The molecule has 1 aromatic carbocycles. The second-order valence-corrected chi connectivity index (χ2v) is 3.91. The minimum atomic E-state index is -0.160. The smallest absolute Gasteiger partial charge is 0.307 e. The number of hydrogen-bond acceptors (Lipinski definition) is 4. The summed E-state index contributed by atoms with van der Waals surface area (Å²) >= 11 is 0. The van der Waals surface area contributed by atoms with Crippen LogP contribution in [0, 0.1) is 0 Å². The molecule has 0 bridgehead atoms. The number of ether oxygens (including phenoxy) is 2. The van der Waals surface area contributed by atoms with Gasteiger partial charge in [0, 0.05) is 12.1 Å². The lowest BCUT2D eigenvalue weighted by atomic mass is 10.1. The highest BCUT2D eigenvalue weighted by Crippen LogP contribution is 2.31. The van der Waals surface area contributed by atoms with Crippen molar-refractivity contribution in [2.24, 2.45) is 0 Å². The number of nitrogens with one attached hydrogen (secondary N) is 1. The van der Waals surface area contributed by atoms with E-state index in [9.17, 15) is 4.79 Å². The number of para-hydroxylation sites is 1. The monoisotopic (exact) mass is 235 g/mol. The van der Waals surface area contributed by atoms with Gasteiger partial charge >= 0.3 is 5.97 Å². The number of fused-ring (bicyclic) bond motifs is 1. The Morgan fingerprint density at radius 2 is 2.35 bits per heavy atom. The molecule has 92 valence electrons. The first-order valence-corrected chi connectivity index (χ1v) is 5.92. The van der Waals surface area contributed by atoms with Crippen LogP contribution >= 0.6 is 0 Å². The number of carbonyl (C=O) groups is 1. The lowest BCUT2D eigenvalue weighted by Crippen LogP contribution is -2.25. The number of esters is 1. The van der Waals surface area contributed by atoms with Crippen LogP contribution in [0.5, 0.6) is 5.75 Å². The molecule has 0 radical (unpaired) electrons. The van der Waals surface area contributed by atoms with Gasteiger partial charge in [-0.3, -0.25) is 4.79 Å². The van der Waals surface area contributed by atoms with Crippen molar-refractivity contribution < 1.29 is 14.3 Å². The molecule has 1 atom stereocenters. The topological polar surface area (TPSA) is 47.6 Å². The van der Waals surface area contributed by atoms with E-state index in [2.05, 4.69) is 5.32 Å². The van der Waals surface area contributed by atoms with Gasteiger partial charge in [-0.15, -0.1) is 0 Å². The zero-order valence-electron chi connectivity index (χ0n) is 9.94. The van der Waals surface area contributed by atoms with Crippen LogP contribution in [-0.4, -0.2) is 25.7 Å². The highest BCUT2D eigenvalue weighted by molar-refractivity contribution is 5.69. The van der Waals surface area contributed by atoms with E-state index in [4.69, 9.17) is 9.47 Å². The van der Waals surface area contributed by atoms with Crippen molar-refractivity contribution in [2.75, 3.05) is 19.8 Å². The standard InChI is InChI=1S/C13H17NO3/c1-2-16-13(15)7-8-14-11-9-17-12-6-4-3-5-10(11)12/h3-6,11,14H,2,7-9H2,1H3. The van der Waals surface area contributed by atoms with Gasteiger partial charge in [-0.05, 0) is 13.0 Å². The van der Waals surface area contributed by atoms with Crippen molar-refractivity contribution in [3.63, 3.8) is 0 Å². The van der Waals surface area contributed by atoms with Crippen molar-refractivity contribution in [2.45, 2.75) is 19.4 Å². The summed E-state index contributed by atoms with van der Waals surface area (Å²) in [4.78, 5) is 11.2. The van der Waals surface area contributed by atoms with Gasteiger partial charge in [-0.2, -0.15) is 0 Å². The maximum absolute atomic E-state index is 11.2. The second kappa shape index (κ2) is 5.68. The Balaban J connectivity index is 1.80. The van der Waals surface area contributed by atoms with Gasteiger partial charge in [0.05, 0.1) is 19.1 Å². The van der Waals surface area contributed by atoms with Crippen molar-refractivity contribution >= 4 is 5.97 Å². The Labute approximate surface area is 101 Å². The highest BCUT2D eigenvalue weighted by atomic mass is 16.5. The van der Waals surface area contributed by atoms with Gasteiger partial charge in [0.1, 0.15) is 12.4 Å². The molecule has 1 unspecified atom stereocenters. The molecular weight excluding hydrogens is 218 g/mol. The van der Waals surface area contributed by atoms with E-state index in [1.807, 2.05) is 31.2 Å². The number of rotatable bonds is 5. The lowest BCUT2D eigenvalue weighted by Gasteiger charge is -2.10. The van der Waals surface area contributed by atoms with Gasteiger partial charge in [0.2, 0.25) is 0 Å². The number of hydrogen-bond donors (Lipinski definition) is 1. The number of benzene rings is 1.